The van der Waals surface area contributed by atoms with Crippen molar-refractivity contribution in [2.24, 2.45) is 5.92 Å². The van der Waals surface area contributed by atoms with Gasteiger partial charge in [0.1, 0.15) is 5.75 Å². The molecule has 2 aromatic carbocycles. The fourth-order valence-corrected chi connectivity index (χ4v) is 3.45. The van der Waals surface area contributed by atoms with E-state index in [1.54, 1.807) is 24.3 Å². The van der Waals surface area contributed by atoms with Crippen LogP contribution in [0.15, 0.2) is 48.5 Å². The lowest BCUT2D eigenvalue weighted by molar-refractivity contribution is -0.123. The highest BCUT2D eigenvalue weighted by Gasteiger charge is 2.15. The van der Waals surface area contributed by atoms with E-state index in [-0.39, 0.29) is 18.3 Å². The number of amides is 1. The van der Waals surface area contributed by atoms with Crippen LogP contribution in [0, 0.1) is 5.92 Å². The normalized spacial score (nSPS) is 15.1. The van der Waals surface area contributed by atoms with Crippen LogP contribution in [0.4, 0.5) is 0 Å². The van der Waals surface area contributed by atoms with Gasteiger partial charge < -0.3 is 10.1 Å². The number of ketones is 1. The van der Waals surface area contributed by atoms with Crippen LogP contribution in [-0.2, 0) is 17.9 Å². The summed E-state index contributed by atoms with van der Waals surface area (Å²) < 4.78 is 5.49. The lowest BCUT2D eigenvalue weighted by atomic mass is 9.99. The molecule has 1 saturated heterocycles. The topological polar surface area (TPSA) is 58.6 Å². The van der Waals surface area contributed by atoms with Gasteiger partial charge in [-0.15, -0.1) is 0 Å². The molecule has 0 unspecified atom stereocenters. The zero-order chi connectivity index (χ0) is 20.6. The summed E-state index contributed by atoms with van der Waals surface area (Å²) in [5.41, 5.74) is 2.94. The number of nitrogens with zero attached hydrogens (tertiary/aromatic N) is 1. The third-order valence-corrected chi connectivity index (χ3v) is 5.41. The summed E-state index contributed by atoms with van der Waals surface area (Å²) in [6, 6.07) is 15.3. The van der Waals surface area contributed by atoms with Gasteiger partial charge in [0.05, 0.1) is 0 Å². The highest BCUT2D eigenvalue weighted by atomic mass is 16.5. The molecular formula is C24H30N2O3. The maximum atomic E-state index is 12.1. The first kappa shape index (κ1) is 21.1. The third kappa shape index (κ3) is 6.71. The van der Waals surface area contributed by atoms with E-state index in [2.05, 4.69) is 41.4 Å². The van der Waals surface area contributed by atoms with Crippen molar-refractivity contribution >= 4 is 11.7 Å². The van der Waals surface area contributed by atoms with Crippen LogP contribution in [0.5, 0.6) is 5.75 Å². The summed E-state index contributed by atoms with van der Waals surface area (Å²) in [5.74, 6) is 1.14. The highest BCUT2D eigenvalue weighted by molar-refractivity contribution is 5.94. The molecule has 0 atom stereocenters. The van der Waals surface area contributed by atoms with E-state index in [9.17, 15) is 9.59 Å². The highest BCUT2D eigenvalue weighted by Crippen LogP contribution is 2.18. The van der Waals surface area contributed by atoms with Crippen LogP contribution in [-0.4, -0.2) is 36.3 Å². The number of piperidine rings is 1. The van der Waals surface area contributed by atoms with Crippen LogP contribution in [0.1, 0.15) is 48.2 Å². The number of hydrogen-bond acceptors (Lipinski definition) is 4. The van der Waals surface area contributed by atoms with Crippen LogP contribution >= 0.6 is 0 Å². The van der Waals surface area contributed by atoms with Gasteiger partial charge in [-0.1, -0.05) is 43.3 Å². The lowest BCUT2D eigenvalue weighted by Crippen LogP contribution is -2.32. The average molecular weight is 395 g/mol. The Kier molecular flexibility index (Phi) is 7.42. The molecule has 29 heavy (non-hydrogen) atoms. The number of nitrogens with one attached hydrogen (secondary N) is 1. The van der Waals surface area contributed by atoms with Crippen molar-refractivity contribution in [1.82, 2.24) is 10.2 Å². The molecule has 1 amide bonds. The van der Waals surface area contributed by atoms with Gasteiger partial charge in [-0.2, -0.15) is 0 Å². The first-order chi connectivity index (χ1) is 14.0. The van der Waals surface area contributed by atoms with Crippen molar-refractivity contribution in [1.29, 1.82) is 0 Å². The predicted molar refractivity (Wildman–Crippen MR) is 114 cm³/mol. The Balaban J connectivity index is 1.41. The van der Waals surface area contributed by atoms with Gasteiger partial charge in [-0.05, 0) is 62.0 Å². The molecule has 1 fully saturated rings. The molecule has 1 aliphatic heterocycles. The zero-order valence-corrected chi connectivity index (χ0v) is 17.3. The lowest BCUT2D eigenvalue weighted by Gasteiger charge is -2.30. The van der Waals surface area contributed by atoms with Crippen molar-refractivity contribution in [2.75, 3.05) is 19.7 Å². The molecule has 154 valence electrons. The van der Waals surface area contributed by atoms with E-state index in [0.29, 0.717) is 17.9 Å². The van der Waals surface area contributed by atoms with Crippen molar-refractivity contribution in [3.63, 3.8) is 0 Å². The Morgan fingerprint density at radius 3 is 2.45 bits per heavy atom. The van der Waals surface area contributed by atoms with Gasteiger partial charge in [0.25, 0.3) is 5.91 Å². The van der Waals surface area contributed by atoms with Crippen LogP contribution in [0.2, 0.25) is 0 Å². The van der Waals surface area contributed by atoms with E-state index in [1.807, 2.05) is 0 Å². The van der Waals surface area contributed by atoms with Crippen molar-refractivity contribution in [3.8, 4) is 5.75 Å². The zero-order valence-electron chi connectivity index (χ0n) is 17.3. The standard InChI is InChI=1S/C24H30N2O3/c1-18-10-12-26(13-11-18)16-21-8-6-20(7-9-21)15-25-24(28)17-29-23-5-3-4-22(14-23)19(2)27/h3-9,14,18H,10-13,15-17H2,1-2H3,(H,25,28). The summed E-state index contributed by atoms with van der Waals surface area (Å²) in [5, 5.41) is 2.87. The molecule has 0 aromatic heterocycles. The number of benzene rings is 2. The summed E-state index contributed by atoms with van der Waals surface area (Å²) >= 11 is 0. The number of carbonyl (C=O) groups excluding carboxylic acids is 2. The van der Waals surface area contributed by atoms with Gasteiger partial charge in [-0.3, -0.25) is 14.5 Å². The number of likely N-dealkylation sites (tertiary alicyclic amines) is 1. The molecular weight excluding hydrogens is 364 g/mol. The number of carbonyl (C=O) groups is 2. The Labute approximate surface area is 173 Å². The maximum absolute atomic E-state index is 12.1. The predicted octanol–water partition coefficient (Wildman–Crippen LogP) is 3.82. The molecule has 0 aliphatic carbocycles. The minimum Gasteiger partial charge on any atom is -0.484 e. The first-order valence-corrected chi connectivity index (χ1v) is 10.3. The second kappa shape index (κ2) is 10.2. The van der Waals surface area contributed by atoms with Crippen molar-refractivity contribution < 1.29 is 14.3 Å². The molecule has 1 aliphatic rings. The fraction of sp³-hybridized carbons (Fsp3) is 0.417. The minimum absolute atomic E-state index is 0.0295. The maximum Gasteiger partial charge on any atom is 0.258 e. The van der Waals surface area contributed by atoms with Crippen LogP contribution in [0.25, 0.3) is 0 Å². The second-order valence-corrected chi connectivity index (χ2v) is 7.92. The van der Waals surface area contributed by atoms with Gasteiger partial charge >= 0.3 is 0 Å². The summed E-state index contributed by atoms with van der Waals surface area (Å²) in [7, 11) is 0. The molecule has 5 heteroatoms. The fourth-order valence-electron chi connectivity index (χ4n) is 3.45. The molecule has 0 saturated carbocycles. The van der Waals surface area contributed by atoms with E-state index < -0.39 is 0 Å². The van der Waals surface area contributed by atoms with Crippen LogP contribution in [0.3, 0.4) is 0 Å². The Bertz CT molecular complexity index is 824. The third-order valence-electron chi connectivity index (χ3n) is 5.41. The Morgan fingerprint density at radius 2 is 1.76 bits per heavy atom. The molecule has 3 rings (SSSR count). The van der Waals surface area contributed by atoms with E-state index in [4.69, 9.17) is 4.74 Å². The molecule has 0 radical (unpaired) electrons. The van der Waals surface area contributed by atoms with Crippen molar-refractivity contribution in [3.05, 3.63) is 65.2 Å². The van der Waals surface area contributed by atoms with Gasteiger partial charge in [0.15, 0.2) is 12.4 Å². The monoisotopic (exact) mass is 394 g/mol. The van der Waals surface area contributed by atoms with Gasteiger partial charge in [0.2, 0.25) is 0 Å². The van der Waals surface area contributed by atoms with E-state index >= 15 is 0 Å². The molecule has 5 nitrogen and oxygen atoms in total. The largest absolute Gasteiger partial charge is 0.484 e. The second-order valence-electron chi connectivity index (χ2n) is 7.92. The number of Topliss-reactive ketones (excluding diaryl/α,β-unsaturated/α-hetero) is 1. The average Bonchev–Trinajstić information content (AvgIpc) is 2.73. The molecule has 2 aromatic rings. The number of ether oxygens (including phenoxy) is 1. The Hall–Kier alpha value is -2.66. The number of rotatable bonds is 8. The first-order valence-electron chi connectivity index (χ1n) is 10.3. The Morgan fingerprint density at radius 1 is 1.07 bits per heavy atom. The van der Waals surface area contributed by atoms with Crippen LogP contribution < -0.4 is 10.1 Å². The molecule has 1 heterocycles. The minimum atomic E-state index is -0.190. The van der Waals surface area contributed by atoms with Crippen molar-refractivity contribution in [2.45, 2.75) is 39.8 Å². The van der Waals surface area contributed by atoms with E-state index in [0.717, 1.165) is 18.0 Å². The molecule has 1 N–H and O–H groups in total. The van der Waals surface area contributed by atoms with E-state index in [1.165, 1.54) is 38.4 Å². The number of hydrogen-bond donors (Lipinski definition) is 1. The smallest absolute Gasteiger partial charge is 0.258 e. The molecule has 0 bridgehead atoms. The van der Waals surface area contributed by atoms with Gasteiger partial charge in [-0.25, -0.2) is 0 Å². The summed E-state index contributed by atoms with van der Waals surface area (Å²) in [4.78, 5) is 26.0. The molecule has 0 spiro atoms. The van der Waals surface area contributed by atoms with Gasteiger partial charge in [0, 0.05) is 18.7 Å². The summed E-state index contributed by atoms with van der Waals surface area (Å²) in [6.07, 6.45) is 2.57. The SMILES string of the molecule is CC(=O)c1cccc(OCC(=O)NCc2ccc(CN3CCC(C)CC3)cc2)c1. The summed E-state index contributed by atoms with van der Waals surface area (Å²) in [6.45, 7) is 7.57. The quantitative estimate of drug-likeness (QED) is 0.692.